The minimum absolute atomic E-state index is 0.0484. The standard InChI is InChI=1S/C13H17N3O3/c1-19-13(18)9-3-2-4-10(14)12(9)16-8-5-6-11(17)15-7-8/h2-4,8,16H,5-7,14H2,1H3,(H,15,17). The highest BCUT2D eigenvalue weighted by molar-refractivity contribution is 5.98. The summed E-state index contributed by atoms with van der Waals surface area (Å²) >= 11 is 0. The fourth-order valence-corrected chi connectivity index (χ4v) is 2.07. The average Bonchev–Trinajstić information content (AvgIpc) is 2.42. The number of rotatable bonds is 3. The zero-order valence-corrected chi connectivity index (χ0v) is 10.7. The fraction of sp³-hybridized carbons (Fsp3) is 0.385. The molecule has 0 aliphatic carbocycles. The van der Waals surface area contributed by atoms with E-state index in [1.807, 2.05) is 0 Å². The molecular weight excluding hydrogens is 246 g/mol. The fourth-order valence-electron chi connectivity index (χ4n) is 2.07. The van der Waals surface area contributed by atoms with Crippen molar-refractivity contribution in [2.75, 3.05) is 24.7 Å². The van der Waals surface area contributed by atoms with E-state index in [0.29, 0.717) is 36.3 Å². The largest absolute Gasteiger partial charge is 0.465 e. The van der Waals surface area contributed by atoms with Crippen LogP contribution in [0.1, 0.15) is 23.2 Å². The second-order valence-corrected chi connectivity index (χ2v) is 4.45. The number of carbonyl (C=O) groups is 2. The zero-order valence-electron chi connectivity index (χ0n) is 10.7. The van der Waals surface area contributed by atoms with Gasteiger partial charge in [-0.05, 0) is 18.6 Å². The lowest BCUT2D eigenvalue weighted by Gasteiger charge is -2.26. The van der Waals surface area contributed by atoms with Crippen LogP contribution in [0.5, 0.6) is 0 Å². The maximum atomic E-state index is 11.7. The first-order valence-electron chi connectivity index (χ1n) is 6.12. The molecule has 6 heteroatoms. The number of carbonyl (C=O) groups excluding carboxylic acids is 2. The van der Waals surface area contributed by atoms with Gasteiger partial charge in [0.25, 0.3) is 0 Å². The van der Waals surface area contributed by atoms with E-state index in [2.05, 4.69) is 10.6 Å². The van der Waals surface area contributed by atoms with Crippen molar-refractivity contribution in [3.8, 4) is 0 Å². The van der Waals surface area contributed by atoms with E-state index in [4.69, 9.17) is 10.5 Å². The van der Waals surface area contributed by atoms with Crippen LogP contribution in [-0.4, -0.2) is 31.6 Å². The first-order valence-corrected chi connectivity index (χ1v) is 6.12. The van der Waals surface area contributed by atoms with E-state index in [0.717, 1.165) is 0 Å². The number of ether oxygens (including phenoxy) is 1. The summed E-state index contributed by atoms with van der Waals surface area (Å²) in [6.07, 6.45) is 1.18. The van der Waals surface area contributed by atoms with Crippen molar-refractivity contribution in [2.45, 2.75) is 18.9 Å². The van der Waals surface area contributed by atoms with Crippen LogP contribution >= 0.6 is 0 Å². The molecule has 1 fully saturated rings. The molecular formula is C13H17N3O3. The minimum atomic E-state index is -0.436. The summed E-state index contributed by atoms with van der Waals surface area (Å²) in [5.41, 5.74) is 7.35. The van der Waals surface area contributed by atoms with Crippen LogP contribution in [0.25, 0.3) is 0 Å². The Kier molecular flexibility index (Phi) is 3.89. The normalized spacial score (nSPS) is 18.6. The zero-order chi connectivity index (χ0) is 13.8. The molecule has 0 bridgehead atoms. The van der Waals surface area contributed by atoms with Crippen LogP contribution in [-0.2, 0) is 9.53 Å². The maximum Gasteiger partial charge on any atom is 0.340 e. The monoisotopic (exact) mass is 263 g/mol. The number of nitrogen functional groups attached to an aromatic ring is 1. The number of hydrogen-bond acceptors (Lipinski definition) is 5. The van der Waals surface area contributed by atoms with E-state index >= 15 is 0 Å². The summed E-state index contributed by atoms with van der Waals surface area (Å²) < 4.78 is 4.73. The van der Waals surface area contributed by atoms with Crippen molar-refractivity contribution in [1.82, 2.24) is 5.32 Å². The average molecular weight is 263 g/mol. The van der Waals surface area contributed by atoms with Gasteiger partial charge in [-0.3, -0.25) is 4.79 Å². The molecule has 1 amide bonds. The lowest BCUT2D eigenvalue weighted by atomic mass is 10.0. The van der Waals surface area contributed by atoms with E-state index in [1.54, 1.807) is 18.2 Å². The molecule has 2 rings (SSSR count). The smallest absolute Gasteiger partial charge is 0.340 e. The number of benzene rings is 1. The van der Waals surface area contributed by atoms with Crippen molar-refractivity contribution in [1.29, 1.82) is 0 Å². The first kappa shape index (κ1) is 13.2. The van der Waals surface area contributed by atoms with Gasteiger partial charge in [0.15, 0.2) is 0 Å². The lowest BCUT2D eigenvalue weighted by molar-refractivity contribution is -0.122. The van der Waals surface area contributed by atoms with Gasteiger partial charge in [0, 0.05) is 19.0 Å². The number of nitrogens with one attached hydrogen (secondary N) is 2. The van der Waals surface area contributed by atoms with Crippen molar-refractivity contribution in [3.05, 3.63) is 23.8 Å². The van der Waals surface area contributed by atoms with Gasteiger partial charge in [-0.15, -0.1) is 0 Å². The second-order valence-electron chi connectivity index (χ2n) is 4.45. The van der Waals surface area contributed by atoms with Crippen LogP contribution in [0, 0.1) is 0 Å². The van der Waals surface area contributed by atoms with Gasteiger partial charge in [-0.2, -0.15) is 0 Å². The Balaban J connectivity index is 2.19. The van der Waals surface area contributed by atoms with E-state index < -0.39 is 5.97 Å². The summed E-state index contributed by atoms with van der Waals surface area (Å²) in [6, 6.07) is 5.14. The number of nitrogens with two attached hydrogens (primary N) is 1. The topological polar surface area (TPSA) is 93.4 Å². The first-order chi connectivity index (χ1) is 9.11. The minimum Gasteiger partial charge on any atom is -0.465 e. The highest BCUT2D eigenvalue weighted by atomic mass is 16.5. The van der Waals surface area contributed by atoms with Crippen molar-refractivity contribution < 1.29 is 14.3 Å². The van der Waals surface area contributed by atoms with Crippen LogP contribution in [0.15, 0.2) is 18.2 Å². The predicted molar refractivity (Wildman–Crippen MR) is 71.8 cm³/mol. The van der Waals surface area contributed by atoms with Gasteiger partial charge in [-0.1, -0.05) is 6.07 Å². The summed E-state index contributed by atoms with van der Waals surface area (Å²) in [6.45, 7) is 0.522. The van der Waals surface area contributed by atoms with Gasteiger partial charge >= 0.3 is 5.97 Å². The van der Waals surface area contributed by atoms with Gasteiger partial charge in [0.1, 0.15) is 0 Å². The molecule has 19 heavy (non-hydrogen) atoms. The molecule has 0 saturated carbocycles. The third-order valence-electron chi connectivity index (χ3n) is 3.12. The third-order valence-corrected chi connectivity index (χ3v) is 3.12. The maximum absolute atomic E-state index is 11.7. The molecule has 1 saturated heterocycles. The summed E-state index contributed by atoms with van der Waals surface area (Å²) in [5.74, 6) is -0.387. The molecule has 102 valence electrons. The Hall–Kier alpha value is -2.24. The molecule has 1 unspecified atom stereocenters. The molecule has 1 aromatic rings. The second kappa shape index (κ2) is 5.60. The Labute approximate surface area is 111 Å². The molecule has 1 heterocycles. The molecule has 0 spiro atoms. The number of methoxy groups -OCH3 is 1. The van der Waals surface area contributed by atoms with Crippen molar-refractivity contribution in [3.63, 3.8) is 0 Å². The Morgan fingerprint density at radius 3 is 2.95 bits per heavy atom. The summed E-state index contributed by atoms with van der Waals surface area (Å²) in [7, 11) is 1.33. The summed E-state index contributed by atoms with van der Waals surface area (Å²) in [4.78, 5) is 22.8. The van der Waals surface area contributed by atoms with E-state index in [-0.39, 0.29) is 11.9 Å². The Morgan fingerprint density at radius 1 is 1.53 bits per heavy atom. The van der Waals surface area contributed by atoms with Crippen LogP contribution in [0.3, 0.4) is 0 Å². The number of anilines is 2. The number of esters is 1. The number of para-hydroxylation sites is 1. The molecule has 0 aromatic heterocycles. The van der Waals surface area contributed by atoms with Crippen LogP contribution in [0.4, 0.5) is 11.4 Å². The molecule has 1 aromatic carbocycles. The van der Waals surface area contributed by atoms with E-state index in [1.165, 1.54) is 7.11 Å². The SMILES string of the molecule is COC(=O)c1cccc(N)c1NC1CCC(=O)NC1. The molecule has 0 radical (unpaired) electrons. The van der Waals surface area contributed by atoms with Gasteiger partial charge in [0.2, 0.25) is 5.91 Å². The number of amides is 1. The van der Waals surface area contributed by atoms with Crippen LogP contribution < -0.4 is 16.4 Å². The third kappa shape index (κ3) is 2.96. The molecule has 4 N–H and O–H groups in total. The van der Waals surface area contributed by atoms with E-state index in [9.17, 15) is 9.59 Å². The Morgan fingerprint density at radius 2 is 2.32 bits per heavy atom. The quantitative estimate of drug-likeness (QED) is 0.552. The van der Waals surface area contributed by atoms with Gasteiger partial charge in [-0.25, -0.2) is 4.79 Å². The van der Waals surface area contributed by atoms with Crippen molar-refractivity contribution >= 4 is 23.3 Å². The molecule has 1 atom stereocenters. The molecule has 1 aliphatic rings. The molecule has 1 aliphatic heterocycles. The van der Waals surface area contributed by atoms with Crippen LogP contribution in [0.2, 0.25) is 0 Å². The highest BCUT2D eigenvalue weighted by Gasteiger charge is 2.21. The number of hydrogen-bond donors (Lipinski definition) is 3. The van der Waals surface area contributed by atoms with Crippen molar-refractivity contribution in [2.24, 2.45) is 0 Å². The van der Waals surface area contributed by atoms with Gasteiger partial charge in [0.05, 0.1) is 24.0 Å². The lowest BCUT2D eigenvalue weighted by Crippen LogP contribution is -2.42. The predicted octanol–water partition coefficient (Wildman–Crippen LogP) is 0.746. The number of piperidine rings is 1. The van der Waals surface area contributed by atoms with Gasteiger partial charge < -0.3 is 21.1 Å². The Bertz CT molecular complexity index is 492. The molecule has 6 nitrogen and oxygen atoms in total. The highest BCUT2D eigenvalue weighted by Crippen LogP contribution is 2.26. The summed E-state index contributed by atoms with van der Waals surface area (Å²) in [5, 5.41) is 5.99.